The SMILES string of the molecule is CC(=O)C1=C(O)C(=O)N(CCCn2ccnc2)[C@@H]1c1ccc([N+](=O)[O-])cc1. The number of non-ortho nitro benzene ring substituents is 1. The van der Waals surface area contributed by atoms with Gasteiger partial charge < -0.3 is 14.6 Å². The third-order valence-corrected chi connectivity index (χ3v) is 4.48. The van der Waals surface area contributed by atoms with Crippen LogP contribution in [0.2, 0.25) is 0 Å². The molecular weight excluding hydrogens is 352 g/mol. The van der Waals surface area contributed by atoms with Crippen LogP contribution >= 0.6 is 0 Å². The number of amides is 1. The predicted octanol–water partition coefficient (Wildman–Crippen LogP) is 2.17. The Morgan fingerprint density at radius 3 is 2.56 bits per heavy atom. The number of carbonyl (C=O) groups excluding carboxylic acids is 2. The Kier molecular flexibility index (Phi) is 5.02. The number of nitro benzene ring substituents is 1. The Bertz CT molecular complexity index is 902. The van der Waals surface area contributed by atoms with Crippen molar-refractivity contribution < 1.29 is 19.6 Å². The summed E-state index contributed by atoms with van der Waals surface area (Å²) in [6.45, 7) is 2.21. The first-order valence-electron chi connectivity index (χ1n) is 8.35. The Balaban J connectivity index is 1.87. The number of imidazole rings is 1. The lowest BCUT2D eigenvalue weighted by Crippen LogP contribution is -2.32. The van der Waals surface area contributed by atoms with E-state index in [1.165, 1.54) is 36.1 Å². The number of benzene rings is 1. The normalized spacial score (nSPS) is 16.9. The fraction of sp³-hybridized carbons (Fsp3) is 0.278. The minimum Gasteiger partial charge on any atom is -0.503 e. The summed E-state index contributed by atoms with van der Waals surface area (Å²) < 4.78 is 1.86. The summed E-state index contributed by atoms with van der Waals surface area (Å²) in [7, 11) is 0. The van der Waals surface area contributed by atoms with E-state index in [2.05, 4.69) is 4.98 Å². The zero-order chi connectivity index (χ0) is 19.6. The van der Waals surface area contributed by atoms with Crippen LogP contribution in [-0.2, 0) is 16.1 Å². The molecule has 1 aliphatic rings. The van der Waals surface area contributed by atoms with E-state index in [1.54, 1.807) is 18.7 Å². The molecule has 0 aliphatic carbocycles. The first-order chi connectivity index (χ1) is 12.9. The van der Waals surface area contributed by atoms with Gasteiger partial charge in [0.1, 0.15) is 0 Å². The van der Waals surface area contributed by atoms with Gasteiger partial charge in [0.05, 0.1) is 22.9 Å². The van der Waals surface area contributed by atoms with Crippen molar-refractivity contribution in [2.75, 3.05) is 6.54 Å². The van der Waals surface area contributed by atoms with E-state index in [4.69, 9.17) is 0 Å². The van der Waals surface area contributed by atoms with Crippen molar-refractivity contribution in [1.29, 1.82) is 0 Å². The third kappa shape index (κ3) is 3.57. The van der Waals surface area contributed by atoms with Crippen LogP contribution in [0.15, 0.2) is 54.3 Å². The Morgan fingerprint density at radius 2 is 2.00 bits per heavy atom. The zero-order valence-electron chi connectivity index (χ0n) is 14.6. The van der Waals surface area contributed by atoms with Crippen LogP contribution in [0.1, 0.15) is 24.9 Å². The van der Waals surface area contributed by atoms with E-state index in [0.29, 0.717) is 25.1 Å². The van der Waals surface area contributed by atoms with E-state index in [-0.39, 0.29) is 11.3 Å². The van der Waals surface area contributed by atoms with Gasteiger partial charge >= 0.3 is 0 Å². The molecule has 1 aromatic carbocycles. The summed E-state index contributed by atoms with van der Waals surface area (Å²) >= 11 is 0. The molecule has 0 bridgehead atoms. The lowest BCUT2D eigenvalue weighted by atomic mass is 9.96. The molecule has 9 heteroatoms. The first-order valence-corrected chi connectivity index (χ1v) is 8.35. The molecule has 0 spiro atoms. The number of rotatable bonds is 7. The highest BCUT2D eigenvalue weighted by molar-refractivity contribution is 6.08. The fourth-order valence-corrected chi connectivity index (χ4v) is 3.21. The monoisotopic (exact) mass is 370 g/mol. The Morgan fingerprint density at radius 1 is 1.30 bits per heavy atom. The van der Waals surface area contributed by atoms with Crippen LogP contribution in [0, 0.1) is 10.1 Å². The minimum absolute atomic E-state index is 0.0106. The minimum atomic E-state index is -0.765. The number of aryl methyl sites for hydroxylation is 1. The van der Waals surface area contributed by atoms with Crippen LogP contribution in [0.5, 0.6) is 0 Å². The quantitative estimate of drug-likeness (QED) is 0.589. The van der Waals surface area contributed by atoms with Gasteiger partial charge in [-0.25, -0.2) is 4.98 Å². The summed E-state index contributed by atoms with van der Waals surface area (Å²) in [6.07, 6.45) is 5.71. The number of Topliss-reactive ketones (excluding diaryl/α,β-unsaturated/α-hetero) is 1. The van der Waals surface area contributed by atoms with Gasteiger partial charge in [-0.3, -0.25) is 19.7 Å². The molecule has 1 atom stereocenters. The maximum absolute atomic E-state index is 12.5. The van der Waals surface area contributed by atoms with Crippen molar-refractivity contribution in [2.45, 2.75) is 25.9 Å². The molecule has 2 heterocycles. The number of ketones is 1. The van der Waals surface area contributed by atoms with Crippen LogP contribution in [0.3, 0.4) is 0 Å². The van der Waals surface area contributed by atoms with Crippen LogP contribution in [0.25, 0.3) is 0 Å². The second-order valence-corrected chi connectivity index (χ2v) is 6.22. The smallest absolute Gasteiger partial charge is 0.290 e. The summed E-state index contributed by atoms with van der Waals surface area (Å²) in [6, 6.07) is 4.87. The molecule has 27 heavy (non-hydrogen) atoms. The maximum atomic E-state index is 12.5. The van der Waals surface area contributed by atoms with Crippen LogP contribution in [-0.4, -0.2) is 42.7 Å². The number of hydrogen-bond acceptors (Lipinski definition) is 6. The van der Waals surface area contributed by atoms with Gasteiger partial charge in [-0.1, -0.05) is 0 Å². The highest BCUT2D eigenvalue weighted by atomic mass is 16.6. The highest BCUT2D eigenvalue weighted by Crippen LogP contribution is 2.38. The molecule has 1 N–H and O–H groups in total. The summed E-state index contributed by atoms with van der Waals surface area (Å²) in [5, 5.41) is 21.1. The Labute approximate surface area is 154 Å². The number of aliphatic hydroxyl groups is 1. The molecular formula is C18H18N4O5. The van der Waals surface area contributed by atoms with Gasteiger partial charge in [0.25, 0.3) is 11.6 Å². The van der Waals surface area contributed by atoms with Crippen LogP contribution in [0.4, 0.5) is 5.69 Å². The van der Waals surface area contributed by atoms with Gasteiger partial charge in [-0.2, -0.15) is 0 Å². The highest BCUT2D eigenvalue weighted by Gasteiger charge is 2.42. The molecule has 9 nitrogen and oxygen atoms in total. The van der Waals surface area contributed by atoms with E-state index in [0.717, 1.165) is 0 Å². The largest absolute Gasteiger partial charge is 0.503 e. The van der Waals surface area contributed by atoms with Gasteiger partial charge in [-0.05, 0) is 31.0 Å². The van der Waals surface area contributed by atoms with Gasteiger partial charge in [0.15, 0.2) is 11.5 Å². The van der Waals surface area contributed by atoms with Crippen molar-refractivity contribution in [3.63, 3.8) is 0 Å². The van der Waals surface area contributed by atoms with E-state index < -0.39 is 28.4 Å². The lowest BCUT2D eigenvalue weighted by Gasteiger charge is -2.26. The molecule has 0 saturated carbocycles. The van der Waals surface area contributed by atoms with E-state index in [9.17, 15) is 24.8 Å². The average Bonchev–Trinajstić information content (AvgIpc) is 3.23. The molecule has 1 amide bonds. The molecule has 140 valence electrons. The summed E-state index contributed by atoms with van der Waals surface area (Å²) in [5.41, 5.74) is 0.453. The number of nitro groups is 1. The molecule has 0 saturated heterocycles. The maximum Gasteiger partial charge on any atom is 0.290 e. The van der Waals surface area contributed by atoms with Gasteiger partial charge in [0, 0.05) is 37.6 Å². The standard InChI is InChI=1S/C18H18N4O5/c1-12(23)15-16(13-3-5-14(6-4-13)22(26)27)21(18(25)17(15)24)9-2-8-20-10-7-19-11-20/h3-7,10-11,16,24H,2,8-9H2,1H3/t16-/m1/s1. The topological polar surface area (TPSA) is 119 Å². The molecule has 2 aromatic rings. The van der Waals surface area contributed by atoms with Crippen molar-refractivity contribution >= 4 is 17.4 Å². The second-order valence-electron chi connectivity index (χ2n) is 6.22. The number of hydrogen-bond donors (Lipinski definition) is 1. The number of carbonyl (C=O) groups is 2. The van der Waals surface area contributed by atoms with Crippen LogP contribution < -0.4 is 0 Å². The van der Waals surface area contributed by atoms with E-state index in [1.807, 2.05) is 4.57 Å². The average molecular weight is 370 g/mol. The molecule has 0 fully saturated rings. The molecule has 3 rings (SSSR count). The Hall–Kier alpha value is -3.49. The predicted molar refractivity (Wildman–Crippen MR) is 94.7 cm³/mol. The summed E-state index contributed by atoms with van der Waals surface area (Å²) in [4.78, 5) is 40.3. The van der Waals surface area contributed by atoms with E-state index >= 15 is 0 Å². The number of aliphatic hydroxyl groups excluding tert-OH is 1. The van der Waals surface area contributed by atoms with Crippen molar-refractivity contribution in [2.24, 2.45) is 0 Å². The molecule has 0 unspecified atom stereocenters. The summed E-state index contributed by atoms with van der Waals surface area (Å²) in [5.74, 6) is -1.59. The molecule has 1 aliphatic heterocycles. The number of nitrogens with zero attached hydrogens (tertiary/aromatic N) is 4. The van der Waals surface area contributed by atoms with Gasteiger partial charge in [0.2, 0.25) is 0 Å². The lowest BCUT2D eigenvalue weighted by molar-refractivity contribution is -0.384. The van der Waals surface area contributed by atoms with Gasteiger partial charge in [-0.15, -0.1) is 0 Å². The fourth-order valence-electron chi connectivity index (χ4n) is 3.21. The third-order valence-electron chi connectivity index (χ3n) is 4.48. The van der Waals surface area contributed by atoms with Crippen molar-refractivity contribution in [3.05, 3.63) is 70.0 Å². The number of aromatic nitrogens is 2. The van der Waals surface area contributed by atoms with Crippen molar-refractivity contribution in [3.8, 4) is 0 Å². The first kappa shape index (κ1) is 18.3. The van der Waals surface area contributed by atoms with Crippen molar-refractivity contribution in [1.82, 2.24) is 14.5 Å². The molecule has 1 aromatic heterocycles. The second kappa shape index (κ2) is 7.40. The molecule has 0 radical (unpaired) electrons. The zero-order valence-corrected chi connectivity index (χ0v) is 14.6.